The summed E-state index contributed by atoms with van der Waals surface area (Å²) in [5, 5.41) is 2.80. The van der Waals surface area contributed by atoms with E-state index in [2.05, 4.69) is 26.2 Å². The molecule has 0 aliphatic carbocycles. The molecule has 5 heteroatoms. The zero-order chi connectivity index (χ0) is 17.1. The molecule has 0 fully saturated rings. The minimum absolute atomic E-state index is 0.0937. The highest BCUT2D eigenvalue weighted by Gasteiger charge is 2.18. The van der Waals surface area contributed by atoms with E-state index in [9.17, 15) is 9.59 Å². The van der Waals surface area contributed by atoms with Crippen molar-refractivity contribution >= 4 is 27.5 Å². The van der Waals surface area contributed by atoms with Gasteiger partial charge in [-0.1, -0.05) is 36.4 Å². The molecule has 1 heterocycles. The number of anilines is 1. The van der Waals surface area contributed by atoms with Gasteiger partial charge in [0.05, 0.1) is 5.69 Å². The summed E-state index contributed by atoms with van der Waals surface area (Å²) in [6.07, 6.45) is 1.54. The molecule has 2 N–H and O–H groups in total. The van der Waals surface area contributed by atoms with Gasteiger partial charge >= 0.3 is 0 Å². The number of rotatable bonds is 3. The van der Waals surface area contributed by atoms with Crippen molar-refractivity contribution in [1.29, 1.82) is 0 Å². The fraction of sp³-hybridized carbons (Fsp3) is 0.0526. The van der Waals surface area contributed by atoms with Crippen LogP contribution >= 0.6 is 15.9 Å². The van der Waals surface area contributed by atoms with Crippen molar-refractivity contribution in [2.45, 2.75) is 6.92 Å². The summed E-state index contributed by atoms with van der Waals surface area (Å²) in [5.41, 5.74) is 2.78. The van der Waals surface area contributed by atoms with Crippen molar-refractivity contribution in [2.75, 3.05) is 5.32 Å². The molecule has 3 rings (SSSR count). The van der Waals surface area contributed by atoms with Crippen molar-refractivity contribution in [3.63, 3.8) is 0 Å². The third-order valence-electron chi connectivity index (χ3n) is 3.65. The fourth-order valence-electron chi connectivity index (χ4n) is 2.47. The number of halogens is 1. The molecule has 0 atom stereocenters. The minimum Gasteiger partial charge on any atom is -0.328 e. The third-order valence-corrected chi connectivity index (χ3v) is 4.30. The topological polar surface area (TPSA) is 62.0 Å². The number of aryl methyl sites for hydroxylation is 1. The lowest BCUT2D eigenvalue weighted by molar-refractivity contribution is 0.102. The van der Waals surface area contributed by atoms with Crippen molar-refractivity contribution in [3.8, 4) is 11.1 Å². The number of aromatic amines is 1. The molecule has 120 valence electrons. The Balaban J connectivity index is 2.03. The lowest BCUT2D eigenvalue weighted by Gasteiger charge is -2.11. The number of benzene rings is 2. The first-order valence-electron chi connectivity index (χ1n) is 7.41. The van der Waals surface area contributed by atoms with E-state index in [0.29, 0.717) is 11.3 Å². The first-order chi connectivity index (χ1) is 11.6. The van der Waals surface area contributed by atoms with Crippen LogP contribution in [-0.2, 0) is 0 Å². The van der Waals surface area contributed by atoms with Crippen molar-refractivity contribution in [2.24, 2.45) is 0 Å². The van der Waals surface area contributed by atoms with Crippen LogP contribution in [0.25, 0.3) is 11.1 Å². The summed E-state index contributed by atoms with van der Waals surface area (Å²) >= 11 is 3.43. The summed E-state index contributed by atoms with van der Waals surface area (Å²) in [6.45, 7) is 1.96. The summed E-state index contributed by atoms with van der Waals surface area (Å²) in [7, 11) is 0. The maximum Gasteiger partial charge on any atom is 0.261 e. The van der Waals surface area contributed by atoms with Crippen LogP contribution in [0.15, 0.2) is 70.1 Å². The Morgan fingerprint density at radius 1 is 1.08 bits per heavy atom. The molecule has 0 radical (unpaired) electrons. The number of H-pyrrole nitrogens is 1. The van der Waals surface area contributed by atoms with Crippen molar-refractivity contribution in [3.05, 3.63) is 86.7 Å². The Kier molecular flexibility index (Phi) is 4.62. The standard InChI is InChI=1S/C19H15BrN2O2/c1-12-7-8-16(15(20)11-12)22-19(24)17-14(9-10-21-18(17)23)13-5-3-2-4-6-13/h2-11H,1H3,(H,21,23)(H,22,24). The Morgan fingerprint density at radius 3 is 2.54 bits per heavy atom. The molecule has 0 saturated heterocycles. The Hall–Kier alpha value is -2.66. The zero-order valence-electron chi connectivity index (χ0n) is 13.0. The van der Waals surface area contributed by atoms with Crippen molar-refractivity contribution in [1.82, 2.24) is 4.98 Å². The molecule has 0 spiro atoms. The summed E-state index contributed by atoms with van der Waals surface area (Å²) in [5.74, 6) is -0.444. The van der Waals surface area contributed by atoms with Gasteiger partial charge in [-0.15, -0.1) is 0 Å². The summed E-state index contributed by atoms with van der Waals surface area (Å²) < 4.78 is 0.768. The van der Waals surface area contributed by atoms with Crippen LogP contribution in [0.3, 0.4) is 0 Å². The SMILES string of the molecule is Cc1ccc(NC(=O)c2c(-c3ccccc3)cc[nH]c2=O)c(Br)c1. The largest absolute Gasteiger partial charge is 0.328 e. The molecule has 0 bridgehead atoms. The second-order valence-electron chi connectivity index (χ2n) is 5.40. The molecule has 24 heavy (non-hydrogen) atoms. The van der Waals surface area contributed by atoms with Crippen LogP contribution in [0.1, 0.15) is 15.9 Å². The second kappa shape index (κ2) is 6.84. The van der Waals surface area contributed by atoms with E-state index in [1.165, 1.54) is 0 Å². The van der Waals surface area contributed by atoms with Gasteiger partial charge in [-0.3, -0.25) is 9.59 Å². The smallest absolute Gasteiger partial charge is 0.261 e. The van der Waals surface area contributed by atoms with Gasteiger partial charge in [-0.25, -0.2) is 0 Å². The van der Waals surface area contributed by atoms with Crippen LogP contribution in [0.4, 0.5) is 5.69 Å². The number of nitrogens with one attached hydrogen (secondary N) is 2. The molecule has 0 unspecified atom stereocenters. The monoisotopic (exact) mass is 382 g/mol. The van der Waals surface area contributed by atoms with Crippen LogP contribution in [-0.4, -0.2) is 10.9 Å². The van der Waals surface area contributed by atoms with E-state index >= 15 is 0 Å². The number of amides is 1. The van der Waals surface area contributed by atoms with E-state index < -0.39 is 11.5 Å². The zero-order valence-corrected chi connectivity index (χ0v) is 14.6. The molecule has 1 aromatic heterocycles. The number of hydrogen-bond donors (Lipinski definition) is 2. The predicted octanol–water partition coefficient (Wildman–Crippen LogP) is 4.37. The Bertz CT molecular complexity index is 949. The quantitative estimate of drug-likeness (QED) is 0.706. The molecule has 2 aromatic carbocycles. The van der Waals surface area contributed by atoms with Crippen molar-refractivity contribution < 1.29 is 4.79 Å². The van der Waals surface area contributed by atoms with E-state index in [4.69, 9.17) is 0 Å². The summed E-state index contributed by atoms with van der Waals surface area (Å²) in [6, 6.07) is 16.7. The van der Waals surface area contributed by atoms with Gasteiger partial charge in [0.15, 0.2) is 0 Å². The number of hydrogen-bond acceptors (Lipinski definition) is 2. The van der Waals surface area contributed by atoms with E-state index in [1.807, 2.05) is 49.4 Å². The molecular weight excluding hydrogens is 368 g/mol. The lowest BCUT2D eigenvalue weighted by Crippen LogP contribution is -2.24. The highest BCUT2D eigenvalue weighted by Crippen LogP contribution is 2.25. The molecular formula is C19H15BrN2O2. The first kappa shape index (κ1) is 16.2. The van der Waals surface area contributed by atoms with Gasteiger partial charge in [0.2, 0.25) is 0 Å². The van der Waals surface area contributed by atoms with Gasteiger partial charge in [0.1, 0.15) is 5.56 Å². The molecule has 3 aromatic rings. The maximum atomic E-state index is 12.7. The molecule has 1 amide bonds. The normalized spacial score (nSPS) is 10.4. The summed E-state index contributed by atoms with van der Waals surface area (Å²) in [4.78, 5) is 27.5. The number of carbonyl (C=O) groups excluding carboxylic acids is 1. The number of aromatic nitrogens is 1. The Labute approximate surface area is 147 Å². The van der Waals surface area contributed by atoms with Gasteiger partial charge in [-0.05, 0) is 52.2 Å². The van der Waals surface area contributed by atoms with Crippen LogP contribution in [0, 0.1) is 6.92 Å². The highest BCUT2D eigenvalue weighted by molar-refractivity contribution is 9.10. The van der Waals surface area contributed by atoms with Gasteiger partial charge in [0, 0.05) is 16.2 Å². The molecule has 0 aliphatic rings. The van der Waals surface area contributed by atoms with Crippen LogP contribution < -0.4 is 10.9 Å². The van der Waals surface area contributed by atoms with Crippen LogP contribution in [0.5, 0.6) is 0 Å². The highest BCUT2D eigenvalue weighted by atomic mass is 79.9. The number of carbonyl (C=O) groups is 1. The molecule has 0 saturated carbocycles. The van der Waals surface area contributed by atoms with E-state index in [0.717, 1.165) is 15.6 Å². The van der Waals surface area contributed by atoms with Gasteiger partial charge in [-0.2, -0.15) is 0 Å². The lowest BCUT2D eigenvalue weighted by atomic mass is 10.0. The average Bonchev–Trinajstić information content (AvgIpc) is 2.58. The third kappa shape index (κ3) is 3.31. The fourth-order valence-corrected chi connectivity index (χ4v) is 3.06. The molecule has 0 aliphatic heterocycles. The second-order valence-corrected chi connectivity index (χ2v) is 6.25. The van der Waals surface area contributed by atoms with E-state index in [-0.39, 0.29) is 5.56 Å². The maximum absolute atomic E-state index is 12.7. The van der Waals surface area contributed by atoms with Gasteiger partial charge < -0.3 is 10.3 Å². The van der Waals surface area contributed by atoms with E-state index in [1.54, 1.807) is 18.3 Å². The predicted molar refractivity (Wildman–Crippen MR) is 99.3 cm³/mol. The average molecular weight is 383 g/mol. The Morgan fingerprint density at radius 2 is 1.83 bits per heavy atom. The first-order valence-corrected chi connectivity index (χ1v) is 8.20. The van der Waals surface area contributed by atoms with Crippen LogP contribution in [0.2, 0.25) is 0 Å². The van der Waals surface area contributed by atoms with Gasteiger partial charge in [0.25, 0.3) is 11.5 Å². The minimum atomic E-state index is -0.444. The molecule has 4 nitrogen and oxygen atoms in total. The number of pyridine rings is 1.